The summed E-state index contributed by atoms with van der Waals surface area (Å²) >= 11 is 1.72. The smallest absolute Gasteiger partial charge is 0.203 e. The average Bonchev–Trinajstić information content (AvgIpc) is 3.18. The van der Waals surface area contributed by atoms with E-state index in [1.807, 2.05) is 10.6 Å². The molecule has 1 aliphatic heterocycles. The van der Waals surface area contributed by atoms with E-state index < -0.39 is 0 Å². The summed E-state index contributed by atoms with van der Waals surface area (Å²) in [6.07, 6.45) is 4.64. The third-order valence-electron chi connectivity index (χ3n) is 4.08. The first-order valence-corrected chi connectivity index (χ1v) is 8.38. The Balaban J connectivity index is 1.71. The highest BCUT2D eigenvalue weighted by molar-refractivity contribution is 7.07. The van der Waals surface area contributed by atoms with Crippen LogP contribution in [0.25, 0.3) is 5.65 Å². The molecule has 3 aromatic rings. The number of aromatic nitrogens is 4. The van der Waals surface area contributed by atoms with E-state index in [4.69, 9.17) is 4.98 Å². The largest absolute Gasteiger partial charge is 0.351 e. The summed E-state index contributed by atoms with van der Waals surface area (Å²) < 4.78 is 1.99. The number of piperazine rings is 1. The molecule has 0 aromatic carbocycles. The molecular weight excluding hydrogens is 296 g/mol. The minimum absolute atomic E-state index is 0.846. The molecule has 0 bridgehead atoms. The number of nitrogens with zero attached hydrogens (tertiary/aromatic N) is 6. The molecule has 0 N–H and O–H groups in total. The number of hydrogen-bond donors (Lipinski definition) is 0. The fourth-order valence-corrected chi connectivity index (χ4v) is 3.46. The monoisotopic (exact) mass is 314 g/mol. The molecule has 1 saturated heterocycles. The van der Waals surface area contributed by atoms with E-state index in [2.05, 4.69) is 43.9 Å². The van der Waals surface area contributed by atoms with Crippen molar-refractivity contribution < 1.29 is 0 Å². The summed E-state index contributed by atoms with van der Waals surface area (Å²) in [5.74, 6) is 0.957. The SMILES string of the molecule is CN1CCN(c2nc(Cc3ccsc3)cn3cnnc23)CC1. The third kappa shape index (κ3) is 2.57. The van der Waals surface area contributed by atoms with Crippen LogP contribution in [0.1, 0.15) is 11.3 Å². The Morgan fingerprint density at radius 1 is 1.23 bits per heavy atom. The van der Waals surface area contributed by atoms with Crippen molar-refractivity contribution in [2.45, 2.75) is 6.42 Å². The van der Waals surface area contributed by atoms with Gasteiger partial charge in [0, 0.05) is 38.8 Å². The molecular formula is C15H18N6S. The van der Waals surface area contributed by atoms with Crippen molar-refractivity contribution in [3.8, 4) is 0 Å². The first-order valence-electron chi connectivity index (χ1n) is 7.43. The predicted molar refractivity (Wildman–Crippen MR) is 87.6 cm³/mol. The minimum atomic E-state index is 0.846. The fourth-order valence-electron chi connectivity index (χ4n) is 2.79. The van der Waals surface area contributed by atoms with E-state index >= 15 is 0 Å². The highest BCUT2D eigenvalue weighted by Crippen LogP contribution is 2.21. The first-order chi connectivity index (χ1) is 10.8. The molecule has 4 heterocycles. The van der Waals surface area contributed by atoms with Crippen LogP contribution in [0.3, 0.4) is 0 Å². The fraction of sp³-hybridized carbons (Fsp3) is 0.400. The highest BCUT2D eigenvalue weighted by atomic mass is 32.1. The zero-order valence-corrected chi connectivity index (χ0v) is 13.3. The molecule has 0 amide bonds. The predicted octanol–water partition coefficient (Wildman–Crippen LogP) is 1.53. The Morgan fingerprint density at radius 2 is 2.09 bits per heavy atom. The normalized spacial score (nSPS) is 16.5. The molecule has 0 unspecified atom stereocenters. The van der Waals surface area contributed by atoms with Crippen LogP contribution in [0.5, 0.6) is 0 Å². The molecule has 0 saturated carbocycles. The van der Waals surface area contributed by atoms with Crippen molar-refractivity contribution >= 4 is 22.8 Å². The highest BCUT2D eigenvalue weighted by Gasteiger charge is 2.20. The van der Waals surface area contributed by atoms with Crippen molar-refractivity contribution in [2.75, 3.05) is 38.1 Å². The van der Waals surface area contributed by atoms with Crippen LogP contribution in [-0.2, 0) is 6.42 Å². The number of fused-ring (bicyclic) bond motifs is 1. The van der Waals surface area contributed by atoms with Gasteiger partial charge in [-0.05, 0) is 29.4 Å². The van der Waals surface area contributed by atoms with Crippen LogP contribution in [0, 0.1) is 0 Å². The molecule has 1 aliphatic rings. The van der Waals surface area contributed by atoms with Gasteiger partial charge in [0.1, 0.15) is 6.33 Å². The molecule has 6 nitrogen and oxygen atoms in total. The first kappa shape index (κ1) is 13.7. The molecule has 7 heteroatoms. The van der Waals surface area contributed by atoms with Gasteiger partial charge in [-0.2, -0.15) is 11.3 Å². The van der Waals surface area contributed by atoms with Gasteiger partial charge in [-0.3, -0.25) is 4.40 Å². The standard InChI is InChI=1S/C15H18N6S/c1-19-3-5-20(6-4-19)14-15-18-16-11-21(15)9-13(17-14)8-12-2-7-22-10-12/h2,7,9-11H,3-6,8H2,1H3. The van der Waals surface area contributed by atoms with Crippen molar-refractivity contribution in [1.82, 2.24) is 24.5 Å². The summed E-state index contributed by atoms with van der Waals surface area (Å²) in [4.78, 5) is 9.55. The summed E-state index contributed by atoms with van der Waals surface area (Å²) in [6.45, 7) is 4.06. The van der Waals surface area contributed by atoms with Crippen molar-refractivity contribution in [2.24, 2.45) is 0 Å². The lowest BCUT2D eigenvalue weighted by Gasteiger charge is -2.33. The lowest BCUT2D eigenvalue weighted by molar-refractivity contribution is 0.312. The van der Waals surface area contributed by atoms with Crippen LogP contribution < -0.4 is 4.90 Å². The van der Waals surface area contributed by atoms with Crippen molar-refractivity contribution in [1.29, 1.82) is 0 Å². The van der Waals surface area contributed by atoms with Gasteiger partial charge in [0.2, 0.25) is 5.65 Å². The molecule has 0 aliphatic carbocycles. The number of likely N-dealkylation sites (N-methyl/N-ethyl adjacent to an activating group) is 1. The second-order valence-electron chi connectivity index (χ2n) is 5.72. The maximum atomic E-state index is 4.89. The maximum Gasteiger partial charge on any atom is 0.203 e. The van der Waals surface area contributed by atoms with Gasteiger partial charge in [0.15, 0.2) is 5.82 Å². The zero-order chi connectivity index (χ0) is 14.9. The van der Waals surface area contributed by atoms with Crippen LogP contribution in [0.2, 0.25) is 0 Å². The Morgan fingerprint density at radius 3 is 2.86 bits per heavy atom. The molecule has 114 valence electrons. The number of hydrogen-bond acceptors (Lipinski definition) is 6. The van der Waals surface area contributed by atoms with E-state index in [-0.39, 0.29) is 0 Å². The van der Waals surface area contributed by atoms with E-state index in [1.54, 1.807) is 17.7 Å². The summed E-state index contributed by atoms with van der Waals surface area (Å²) in [7, 11) is 2.16. The molecule has 4 rings (SSSR count). The van der Waals surface area contributed by atoms with Crippen molar-refractivity contribution in [3.05, 3.63) is 40.6 Å². The van der Waals surface area contributed by atoms with Gasteiger partial charge in [0.05, 0.1) is 5.69 Å². The summed E-state index contributed by atoms with van der Waals surface area (Å²) in [6, 6.07) is 2.15. The third-order valence-corrected chi connectivity index (χ3v) is 4.81. The average molecular weight is 314 g/mol. The van der Waals surface area contributed by atoms with Crippen LogP contribution >= 0.6 is 11.3 Å². The van der Waals surface area contributed by atoms with Gasteiger partial charge in [0.25, 0.3) is 0 Å². The lowest BCUT2D eigenvalue weighted by atomic mass is 10.2. The minimum Gasteiger partial charge on any atom is -0.351 e. The second-order valence-corrected chi connectivity index (χ2v) is 6.50. The molecule has 3 aromatic heterocycles. The molecule has 1 fully saturated rings. The number of rotatable bonds is 3. The quantitative estimate of drug-likeness (QED) is 0.734. The topological polar surface area (TPSA) is 49.6 Å². The maximum absolute atomic E-state index is 4.89. The van der Waals surface area contributed by atoms with E-state index in [1.165, 1.54) is 5.56 Å². The van der Waals surface area contributed by atoms with Gasteiger partial charge in [-0.15, -0.1) is 10.2 Å². The van der Waals surface area contributed by atoms with Gasteiger partial charge >= 0.3 is 0 Å². The van der Waals surface area contributed by atoms with E-state index in [0.717, 1.165) is 49.8 Å². The molecule has 22 heavy (non-hydrogen) atoms. The molecule has 0 radical (unpaired) electrons. The summed E-state index contributed by atoms with van der Waals surface area (Å²) in [5, 5.41) is 12.6. The van der Waals surface area contributed by atoms with Crippen LogP contribution in [-0.4, -0.2) is 57.7 Å². The Labute approximate surface area is 133 Å². The van der Waals surface area contributed by atoms with Gasteiger partial charge in [-0.25, -0.2) is 4.98 Å². The summed E-state index contributed by atoms with van der Waals surface area (Å²) in [5.41, 5.74) is 3.20. The van der Waals surface area contributed by atoms with Crippen LogP contribution in [0.15, 0.2) is 29.4 Å². The zero-order valence-electron chi connectivity index (χ0n) is 12.5. The molecule has 0 spiro atoms. The van der Waals surface area contributed by atoms with Gasteiger partial charge in [-0.1, -0.05) is 0 Å². The number of thiophene rings is 1. The second kappa shape index (κ2) is 5.66. The van der Waals surface area contributed by atoms with Crippen LogP contribution in [0.4, 0.5) is 5.82 Å². The lowest BCUT2D eigenvalue weighted by Crippen LogP contribution is -2.45. The Bertz CT molecular complexity index is 758. The van der Waals surface area contributed by atoms with Crippen molar-refractivity contribution in [3.63, 3.8) is 0 Å². The number of anilines is 1. The molecule has 0 atom stereocenters. The van der Waals surface area contributed by atoms with E-state index in [0.29, 0.717) is 0 Å². The van der Waals surface area contributed by atoms with E-state index in [9.17, 15) is 0 Å². The Hall–Kier alpha value is -1.99. The van der Waals surface area contributed by atoms with Gasteiger partial charge < -0.3 is 9.80 Å². The Kier molecular flexibility index (Phi) is 3.51.